The molecule has 3 rings (SSSR count). The second kappa shape index (κ2) is 9.03. The van der Waals surface area contributed by atoms with Crippen LogP contribution in [0.5, 0.6) is 5.75 Å². The summed E-state index contributed by atoms with van der Waals surface area (Å²) in [5.74, 6) is 0.137. The average Bonchev–Trinajstić information content (AvgIpc) is 2.68. The fraction of sp³-hybridized carbons (Fsp3) is 0.300. The number of carbonyl (C=O) groups is 2. The van der Waals surface area contributed by atoms with Gasteiger partial charge in [-0.25, -0.2) is 0 Å². The lowest BCUT2D eigenvalue weighted by Crippen LogP contribution is -2.41. The van der Waals surface area contributed by atoms with Gasteiger partial charge in [-0.05, 0) is 49.2 Å². The highest BCUT2D eigenvalue weighted by molar-refractivity contribution is 6.36. The first-order chi connectivity index (χ1) is 13.4. The minimum absolute atomic E-state index is 0.0853. The van der Waals surface area contributed by atoms with Gasteiger partial charge in [-0.2, -0.15) is 0 Å². The van der Waals surface area contributed by atoms with E-state index in [0.29, 0.717) is 58.0 Å². The molecule has 5 nitrogen and oxygen atoms in total. The number of nitrogens with zero attached hydrogens (tertiary/aromatic N) is 1. The van der Waals surface area contributed by atoms with Crippen LogP contribution in [0.3, 0.4) is 0 Å². The highest BCUT2D eigenvalue weighted by Gasteiger charge is 2.28. The molecule has 2 aromatic carbocycles. The number of hydrogen-bond donors (Lipinski definition) is 1. The Balaban J connectivity index is 1.58. The predicted octanol–water partition coefficient (Wildman–Crippen LogP) is 5.15. The van der Waals surface area contributed by atoms with Crippen LogP contribution in [0, 0.1) is 5.92 Å². The Morgan fingerprint density at radius 1 is 1.04 bits per heavy atom. The van der Waals surface area contributed by atoms with E-state index in [0.717, 1.165) is 0 Å². The number of anilines is 1. The van der Waals surface area contributed by atoms with E-state index in [9.17, 15) is 9.59 Å². The average molecular weight is 442 g/mol. The van der Waals surface area contributed by atoms with Crippen molar-refractivity contribution in [1.82, 2.24) is 4.90 Å². The summed E-state index contributed by atoms with van der Waals surface area (Å²) in [6, 6.07) is 9.91. The van der Waals surface area contributed by atoms with Crippen LogP contribution in [-0.4, -0.2) is 36.9 Å². The minimum atomic E-state index is -0.175. The molecule has 0 radical (unpaired) electrons. The topological polar surface area (TPSA) is 58.6 Å². The zero-order valence-electron chi connectivity index (χ0n) is 15.2. The second-order valence-corrected chi connectivity index (χ2v) is 7.78. The Morgan fingerprint density at radius 3 is 2.36 bits per heavy atom. The van der Waals surface area contributed by atoms with Gasteiger partial charge in [-0.1, -0.05) is 34.8 Å². The van der Waals surface area contributed by atoms with Gasteiger partial charge in [0.15, 0.2) is 0 Å². The van der Waals surface area contributed by atoms with Crippen LogP contribution in [0.1, 0.15) is 23.2 Å². The van der Waals surface area contributed by atoms with Crippen molar-refractivity contribution in [1.29, 1.82) is 0 Å². The smallest absolute Gasteiger partial charge is 0.255 e. The van der Waals surface area contributed by atoms with Crippen molar-refractivity contribution in [3.8, 4) is 5.75 Å². The van der Waals surface area contributed by atoms with Gasteiger partial charge in [0.05, 0.1) is 22.7 Å². The molecule has 148 valence electrons. The van der Waals surface area contributed by atoms with E-state index in [1.54, 1.807) is 41.3 Å². The van der Waals surface area contributed by atoms with Gasteiger partial charge in [-0.15, -0.1) is 0 Å². The van der Waals surface area contributed by atoms with E-state index in [1.165, 1.54) is 7.11 Å². The van der Waals surface area contributed by atoms with E-state index >= 15 is 0 Å². The van der Waals surface area contributed by atoms with E-state index < -0.39 is 0 Å². The third kappa shape index (κ3) is 4.72. The first kappa shape index (κ1) is 20.8. The number of carbonyl (C=O) groups excluding carboxylic acids is 2. The third-order valence-corrected chi connectivity index (χ3v) is 5.58. The molecule has 0 spiro atoms. The standard InChI is InChI=1S/C20H19Cl3N2O3/c1-28-18-5-3-14(11-17(18)23)24-19(26)12-6-8-25(9-7-12)20(27)15-4-2-13(21)10-16(15)22/h2-5,10-12H,6-9H2,1H3,(H,24,26). The molecule has 1 saturated heterocycles. The van der Waals surface area contributed by atoms with Gasteiger partial charge in [0.25, 0.3) is 5.91 Å². The zero-order chi connectivity index (χ0) is 20.3. The minimum Gasteiger partial charge on any atom is -0.495 e. The van der Waals surface area contributed by atoms with E-state index in [2.05, 4.69) is 5.32 Å². The van der Waals surface area contributed by atoms with Crippen molar-refractivity contribution in [2.75, 3.05) is 25.5 Å². The molecular weight excluding hydrogens is 423 g/mol. The molecule has 28 heavy (non-hydrogen) atoms. The summed E-state index contributed by atoms with van der Waals surface area (Å²) < 4.78 is 5.11. The maximum Gasteiger partial charge on any atom is 0.255 e. The highest BCUT2D eigenvalue weighted by Crippen LogP contribution is 2.29. The van der Waals surface area contributed by atoms with Crippen LogP contribution < -0.4 is 10.1 Å². The van der Waals surface area contributed by atoms with Gasteiger partial charge in [0, 0.05) is 29.7 Å². The molecule has 1 aliphatic rings. The van der Waals surface area contributed by atoms with Gasteiger partial charge in [-0.3, -0.25) is 9.59 Å². The number of halogens is 3. The summed E-state index contributed by atoms with van der Waals surface area (Å²) in [4.78, 5) is 26.9. The molecule has 0 aliphatic carbocycles. The number of rotatable bonds is 4. The van der Waals surface area contributed by atoms with Gasteiger partial charge in [0.1, 0.15) is 5.75 Å². The molecule has 0 atom stereocenters. The highest BCUT2D eigenvalue weighted by atomic mass is 35.5. The first-order valence-corrected chi connectivity index (χ1v) is 9.91. The molecule has 1 aliphatic heterocycles. The maximum atomic E-state index is 12.7. The number of hydrogen-bond acceptors (Lipinski definition) is 3. The molecule has 0 aromatic heterocycles. The van der Waals surface area contributed by atoms with Crippen LogP contribution in [0.4, 0.5) is 5.69 Å². The number of piperidine rings is 1. The number of benzene rings is 2. The molecule has 1 N–H and O–H groups in total. The summed E-state index contributed by atoms with van der Waals surface area (Å²) >= 11 is 18.1. The van der Waals surface area contributed by atoms with Crippen LogP contribution in [0.15, 0.2) is 36.4 Å². The fourth-order valence-electron chi connectivity index (χ4n) is 3.17. The monoisotopic (exact) mass is 440 g/mol. The zero-order valence-corrected chi connectivity index (χ0v) is 17.4. The van der Waals surface area contributed by atoms with Crippen molar-refractivity contribution in [3.05, 3.63) is 57.0 Å². The number of likely N-dealkylation sites (tertiary alicyclic amines) is 1. The van der Waals surface area contributed by atoms with E-state index in [-0.39, 0.29) is 17.7 Å². The van der Waals surface area contributed by atoms with Crippen LogP contribution in [0.2, 0.25) is 15.1 Å². The number of amides is 2. The predicted molar refractivity (Wildman–Crippen MR) is 112 cm³/mol. The summed E-state index contributed by atoms with van der Waals surface area (Å²) in [6.45, 7) is 0.971. The summed E-state index contributed by atoms with van der Waals surface area (Å²) in [5.41, 5.74) is 1.03. The molecule has 1 fully saturated rings. The molecule has 0 bridgehead atoms. The normalized spacial score (nSPS) is 14.6. The molecular formula is C20H19Cl3N2O3. The van der Waals surface area contributed by atoms with Crippen LogP contribution in [-0.2, 0) is 4.79 Å². The lowest BCUT2D eigenvalue weighted by Gasteiger charge is -2.31. The first-order valence-electron chi connectivity index (χ1n) is 8.77. The Morgan fingerprint density at radius 2 is 1.75 bits per heavy atom. The molecule has 2 aromatic rings. The molecule has 0 unspecified atom stereocenters. The molecule has 2 amide bonds. The van der Waals surface area contributed by atoms with Crippen LogP contribution >= 0.6 is 34.8 Å². The molecule has 1 heterocycles. The Hall–Kier alpha value is -1.95. The molecule has 8 heteroatoms. The van der Waals surface area contributed by atoms with Crippen molar-refractivity contribution >= 4 is 52.3 Å². The SMILES string of the molecule is COc1ccc(NC(=O)C2CCN(C(=O)c3ccc(Cl)cc3Cl)CC2)cc1Cl. The lowest BCUT2D eigenvalue weighted by molar-refractivity contribution is -0.121. The van der Waals surface area contributed by atoms with Crippen molar-refractivity contribution < 1.29 is 14.3 Å². The second-order valence-electron chi connectivity index (χ2n) is 6.53. The Bertz CT molecular complexity index is 896. The number of ether oxygens (including phenoxy) is 1. The van der Waals surface area contributed by atoms with E-state index in [4.69, 9.17) is 39.5 Å². The maximum absolute atomic E-state index is 12.7. The van der Waals surface area contributed by atoms with Gasteiger partial charge >= 0.3 is 0 Å². The van der Waals surface area contributed by atoms with Gasteiger partial charge in [0.2, 0.25) is 5.91 Å². The quantitative estimate of drug-likeness (QED) is 0.714. The lowest BCUT2D eigenvalue weighted by atomic mass is 9.95. The van der Waals surface area contributed by atoms with Crippen molar-refractivity contribution in [2.45, 2.75) is 12.8 Å². The largest absolute Gasteiger partial charge is 0.495 e. The van der Waals surface area contributed by atoms with Crippen LogP contribution in [0.25, 0.3) is 0 Å². The van der Waals surface area contributed by atoms with E-state index in [1.807, 2.05) is 0 Å². The number of methoxy groups -OCH3 is 1. The van der Waals surface area contributed by atoms with Crippen molar-refractivity contribution in [3.63, 3.8) is 0 Å². The summed E-state index contributed by atoms with van der Waals surface area (Å²) in [7, 11) is 1.53. The van der Waals surface area contributed by atoms with Crippen molar-refractivity contribution in [2.24, 2.45) is 5.92 Å². The molecule has 0 saturated carbocycles. The number of nitrogens with one attached hydrogen (secondary N) is 1. The Labute approximate surface area is 178 Å². The van der Waals surface area contributed by atoms with Gasteiger partial charge < -0.3 is 15.0 Å². The third-order valence-electron chi connectivity index (χ3n) is 4.73. The summed E-state index contributed by atoms with van der Waals surface area (Å²) in [5, 5.41) is 4.12. The Kier molecular flexibility index (Phi) is 6.70. The summed E-state index contributed by atoms with van der Waals surface area (Å²) in [6.07, 6.45) is 1.15. The fourth-order valence-corrected chi connectivity index (χ4v) is 3.91.